The van der Waals surface area contributed by atoms with Gasteiger partial charge in [0.2, 0.25) is 11.8 Å². The number of benzene rings is 2. The highest BCUT2D eigenvalue weighted by atomic mass is 16.2. The fourth-order valence-corrected chi connectivity index (χ4v) is 4.93. The minimum absolute atomic E-state index is 0.0171. The van der Waals surface area contributed by atoms with Gasteiger partial charge in [0, 0.05) is 18.1 Å². The van der Waals surface area contributed by atoms with Gasteiger partial charge in [0.25, 0.3) is 0 Å². The summed E-state index contributed by atoms with van der Waals surface area (Å²) in [7, 11) is 0. The quantitative estimate of drug-likeness (QED) is 0.713. The van der Waals surface area contributed by atoms with E-state index in [0.717, 1.165) is 47.8 Å². The van der Waals surface area contributed by atoms with Crippen LogP contribution in [-0.4, -0.2) is 27.3 Å². The van der Waals surface area contributed by atoms with Crippen molar-refractivity contribution in [3.05, 3.63) is 71.9 Å². The summed E-state index contributed by atoms with van der Waals surface area (Å²) in [5, 5.41) is 4.33. The van der Waals surface area contributed by atoms with Crippen LogP contribution in [0.5, 0.6) is 0 Å². The van der Waals surface area contributed by atoms with E-state index in [1.54, 1.807) is 4.90 Å². The Kier molecular flexibility index (Phi) is 5.03. The highest BCUT2D eigenvalue weighted by Gasteiger charge is 2.39. The molecule has 1 N–H and O–H groups in total. The maximum Gasteiger partial charge on any atom is 0.249 e. The third kappa shape index (κ3) is 3.49. The minimum atomic E-state index is -0.610. The molecule has 3 aromatic rings. The molecule has 2 aromatic carbocycles. The van der Waals surface area contributed by atoms with Crippen molar-refractivity contribution in [3.8, 4) is 0 Å². The van der Waals surface area contributed by atoms with Crippen LogP contribution in [0.25, 0.3) is 10.9 Å². The molecule has 1 atom stereocenters. The molecule has 0 spiro atoms. The summed E-state index contributed by atoms with van der Waals surface area (Å²) in [5.41, 5.74) is 2.95. The van der Waals surface area contributed by atoms with E-state index < -0.39 is 6.04 Å². The molecule has 5 nitrogen and oxygen atoms in total. The third-order valence-electron chi connectivity index (χ3n) is 6.44. The van der Waals surface area contributed by atoms with Crippen LogP contribution in [-0.2, 0) is 22.7 Å². The zero-order chi connectivity index (χ0) is 20.5. The van der Waals surface area contributed by atoms with Crippen molar-refractivity contribution >= 4 is 22.7 Å². The molecule has 154 valence electrons. The first-order valence-corrected chi connectivity index (χ1v) is 10.9. The van der Waals surface area contributed by atoms with Crippen molar-refractivity contribution in [2.75, 3.05) is 0 Å². The molecule has 0 saturated heterocycles. The standard InChI is InChI=1S/C25H27N3O2/c29-23-17-27-21-14-8-7-11-19(21)15-22(27)24(25(30)26-20-12-5-2-6-13-20)28(23)16-18-9-3-1-4-10-18/h1,3-4,7-11,14-15,20,24H,2,5-6,12-13,16-17H2,(H,26,30). The first kappa shape index (κ1) is 18.9. The average Bonchev–Trinajstić information content (AvgIpc) is 3.13. The number of carbonyl (C=O) groups is 2. The topological polar surface area (TPSA) is 54.3 Å². The van der Waals surface area contributed by atoms with Gasteiger partial charge < -0.3 is 14.8 Å². The molecule has 2 amide bonds. The molecule has 1 aromatic heterocycles. The van der Waals surface area contributed by atoms with Gasteiger partial charge >= 0.3 is 0 Å². The van der Waals surface area contributed by atoms with Gasteiger partial charge in [-0.1, -0.05) is 67.8 Å². The molecule has 2 heterocycles. The number of carbonyl (C=O) groups excluding carboxylic acids is 2. The van der Waals surface area contributed by atoms with Crippen molar-refractivity contribution in [1.82, 2.24) is 14.8 Å². The Bertz CT molecular complexity index is 1070. The Labute approximate surface area is 176 Å². The number of fused-ring (bicyclic) bond motifs is 3. The Balaban J connectivity index is 1.53. The predicted octanol–water partition coefficient (Wildman–Crippen LogP) is 4.17. The van der Waals surface area contributed by atoms with Crippen LogP contribution in [0.2, 0.25) is 0 Å². The highest BCUT2D eigenvalue weighted by molar-refractivity contribution is 5.94. The molecular weight excluding hydrogens is 374 g/mol. The van der Waals surface area contributed by atoms with Crippen LogP contribution in [0.3, 0.4) is 0 Å². The molecule has 0 bridgehead atoms. The predicted molar refractivity (Wildman–Crippen MR) is 117 cm³/mol. The van der Waals surface area contributed by atoms with Crippen LogP contribution in [0.15, 0.2) is 60.7 Å². The lowest BCUT2D eigenvalue weighted by molar-refractivity contribution is -0.144. The van der Waals surface area contributed by atoms with Crippen molar-refractivity contribution in [1.29, 1.82) is 0 Å². The van der Waals surface area contributed by atoms with Crippen LogP contribution < -0.4 is 5.32 Å². The Hall–Kier alpha value is -3.08. The van der Waals surface area contributed by atoms with Gasteiger partial charge in [-0.2, -0.15) is 0 Å². The minimum Gasteiger partial charge on any atom is -0.351 e. The molecular formula is C25H27N3O2. The van der Waals surface area contributed by atoms with E-state index in [1.807, 2.05) is 59.2 Å². The SMILES string of the molecule is O=C(NC1CCCCC1)C1c2cc3ccccc3n2CC(=O)N1Cc1ccccc1. The van der Waals surface area contributed by atoms with E-state index in [0.29, 0.717) is 6.54 Å². The molecule has 5 heteroatoms. The van der Waals surface area contributed by atoms with Gasteiger partial charge in [-0.25, -0.2) is 0 Å². The van der Waals surface area contributed by atoms with Crippen molar-refractivity contribution in [2.45, 2.75) is 57.3 Å². The fraction of sp³-hybridized carbons (Fsp3) is 0.360. The van der Waals surface area contributed by atoms with E-state index in [-0.39, 0.29) is 24.4 Å². The summed E-state index contributed by atoms with van der Waals surface area (Å²) in [4.78, 5) is 28.5. The van der Waals surface area contributed by atoms with E-state index in [2.05, 4.69) is 11.4 Å². The summed E-state index contributed by atoms with van der Waals surface area (Å²) in [6, 6.07) is 19.6. The number of para-hydroxylation sites is 1. The molecule has 1 unspecified atom stereocenters. The molecule has 30 heavy (non-hydrogen) atoms. The lowest BCUT2D eigenvalue weighted by Gasteiger charge is -2.37. The Morgan fingerprint density at radius 3 is 2.50 bits per heavy atom. The van der Waals surface area contributed by atoms with Gasteiger partial charge in [-0.3, -0.25) is 9.59 Å². The number of nitrogens with one attached hydrogen (secondary N) is 1. The van der Waals surface area contributed by atoms with E-state index in [1.165, 1.54) is 6.42 Å². The van der Waals surface area contributed by atoms with Crippen molar-refractivity contribution < 1.29 is 9.59 Å². The number of hydrogen-bond acceptors (Lipinski definition) is 2. The van der Waals surface area contributed by atoms with Gasteiger partial charge in [0.1, 0.15) is 6.54 Å². The van der Waals surface area contributed by atoms with E-state index >= 15 is 0 Å². The maximum atomic E-state index is 13.5. The fourth-order valence-electron chi connectivity index (χ4n) is 4.93. The second-order valence-electron chi connectivity index (χ2n) is 8.47. The summed E-state index contributed by atoms with van der Waals surface area (Å²) < 4.78 is 2.02. The van der Waals surface area contributed by atoms with Gasteiger partial charge in [-0.15, -0.1) is 0 Å². The summed E-state index contributed by atoms with van der Waals surface area (Å²) in [5.74, 6) is -0.0774. The number of rotatable bonds is 4. The van der Waals surface area contributed by atoms with E-state index in [9.17, 15) is 9.59 Å². The molecule has 2 aliphatic rings. The number of amides is 2. The Morgan fingerprint density at radius 1 is 0.967 bits per heavy atom. The van der Waals surface area contributed by atoms with Gasteiger partial charge in [0.05, 0.1) is 5.69 Å². The first-order valence-electron chi connectivity index (χ1n) is 10.9. The monoisotopic (exact) mass is 401 g/mol. The van der Waals surface area contributed by atoms with Gasteiger partial charge in [0.15, 0.2) is 6.04 Å². The lowest BCUT2D eigenvalue weighted by Crippen LogP contribution is -2.50. The summed E-state index contributed by atoms with van der Waals surface area (Å²) in [6.07, 6.45) is 5.59. The third-order valence-corrected chi connectivity index (χ3v) is 6.44. The number of hydrogen-bond donors (Lipinski definition) is 1. The summed E-state index contributed by atoms with van der Waals surface area (Å²) in [6.45, 7) is 0.701. The zero-order valence-corrected chi connectivity index (χ0v) is 17.1. The summed E-state index contributed by atoms with van der Waals surface area (Å²) >= 11 is 0. The number of nitrogens with zero attached hydrogens (tertiary/aromatic N) is 2. The van der Waals surface area contributed by atoms with Crippen LogP contribution in [0.1, 0.15) is 49.4 Å². The largest absolute Gasteiger partial charge is 0.351 e. The lowest BCUT2D eigenvalue weighted by atomic mass is 9.95. The molecule has 5 rings (SSSR count). The number of aromatic nitrogens is 1. The second kappa shape index (κ2) is 7.98. The second-order valence-corrected chi connectivity index (χ2v) is 8.47. The first-order chi connectivity index (χ1) is 14.7. The zero-order valence-electron chi connectivity index (χ0n) is 17.1. The average molecular weight is 402 g/mol. The molecule has 1 saturated carbocycles. The normalized spacial score (nSPS) is 19.7. The Morgan fingerprint density at radius 2 is 1.70 bits per heavy atom. The molecule has 1 aliphatic carbocycles. The van der Waals surface area contributed by atoms with E-state index in [4.69, 9.17) is 0 Å². The van der Waals surface area contributed by atoms with Crippen LogP contribution in [0.4, 0.5) is 0 Å². The molecule has 1 fully saturated rings. The highest BCUT2D eigenvalue weighted by Crippen LogP contribution is 2.34. The van der Waals surface area contributed by atoms with Crippen molar-refractivity contribution in [2.24, 2.45) is 0 Å². The van der Waals surface area contributed by atoms with Crippen LogP contribution >= 0.6 is 0 Å². The van der Waals surface area contributed by atoms with Crippen LogP contribution in [0, 0.1) is 0 Å². The maximum absolute atomic E-state index is 13.5. The van der Waals surface area contributed by atoms with Crippen molar-refractivity contribution in [3.63, 3.8) is 0 Å². The molecule has 0 radical (unpaired) electrons. The van der Waals surface area contributed by atoms with Gasteiger partial charge in [-0.05, 0) is 35.9 Å². The smallest absolute Gasteiger partial charge is 0.249 e. The molecule has 1 aliphatic heterocycles.